The Bertz CT molecular complexity index is 744. The van der Waals surface area contributed by atoms with Crippen molar-refractivity contribution in [3.63, 3.8) is 0 Å². The summed E-state index contributed by atoms with van der Waals surface area (Å²) in [6.45, 7) is 0. The average molecular weight is 245 g/mol. The number of aromatic nitrogens is 3. The van der Waals surface area contributed by atoms with Crippen LogP contribution in [0.25, 0.3) is 22.4 Å². The van der Waals surface area contributed by atoms with E-state index in [0.717, 1.165) is 0 Å². The third-order valence-corrected chi connectivity index (χ3v) is 2.49. The number of H-pyrrole nitrogens is 1. The van der Waals surface area contributed by atoms with Crippen molar-refractivity contribution < 1.29 is 19.5 Å². The average Bonchev–Trinajstić information content (AvgIpc) is 2.95. The molecule has 0 saturated heterocycles. The number of rotatable bonds is 2. The molecule has 7 heteroatoms. The van der Waals surface area contributed by atoms with Gasteiger partial charge in [-0.1, -0.05) is 11.2 Å². The highest BCUT2D eigenvalue weighted by atomic mass is 16.5. The Balaban J connectivity index is 2.13. The van der Waals surface area contributed by atoms with Crippen molar-refractivity contribution in [2.75, 3.05) is 0 Å². The molecule has 3 aromatic rings. The van der Waals surface area contributed by atoms with Crippen LogP contribution in [0.3, 0.4) is 0 Å². The van der Waals surface area contributed by atoms with Gasteiger partial charge < -0.3 is 19.7 Å². The number of nitrogens with zero attached hydrogens (tertiary/aromatic N) is 2. The number of carboxylic acids is 1. The first-order valence-corrected chi connectivity index (χ1v) is 5.03. The molecule has 0 spiro atoms. The van der Waals surface area contributed by atoms with E-state index in [9.17, 15) is 9.90 Å². The second kappa shape index (κ2) is 3.59. The molecule has 2 heterocycles. The van der Waals surface area contributed by atoms with Crippen molar-refractivity contribution in [2.45, 2.75) is 0 Å². The van der Waals surface area contributed by atoms with E-state index in [4.69, 9.17) is 5.11 Å². The molecule has 0 aliphatic carbocycles. The molecule has 7 nitrogen and oxygen atoms in total. The second-order valence-electron chi connectivity index (χ2n) is 3.65. The summed E-state index contributed by atoms with van der Waals surface area (Å²) in [4.78, 5) is 17.3. The van der Waals surface area contributed by atoms with Crippen LogP contribution in [0.5, 0.6) is 5.75 Å². The van der Waals surface area contributed by atoms with E-state index < -0.39 is 11.9 Å². The minimum absolute atomic E-state index is 0.122. The van der Waals surface area contributed by atoms with Gasteiger partial charge in [0, 0.05) is 10.9 Å². The van der Waals surface area contributed by atoms with Gasteiger partial charge in [0.25, 0.3) is 0 Å². The van der Waals surface area contributed by atoms with Crippen LogP contribution in [0.2, 0.25) is 0 Å². The van der Waals surface area contributed by atoms with Crippen LogP contribution in [0, 0.1) is 0 Å². The van der Waals surface area contributed by atoms with E-state index in [0.29, 0.717) is 16.6 Å². The first kappa shape index (κ1) is 10.3. The Kier molecular flexibility index (Phi) is 2.06. The lowest BCUT2D eigenvalue weighted by Crippen LogP contribution is -1.95. The summed E-state index contributed by atoms with van der Waals surface area (Å²) >= 11 is 0. The molecule has 0 saturated carbocycles. The lowest BCUT2D eigenvalue weighted by atomic mass is 10.2. The van der Waals surface area contributed by atoms with Crippen molar-refractivity contribution in [3.05, 3.63) is 30.2 Å². The summed E-state index contributed by atoms with van der Waals surface area (Å²) in [5.74, 6) is -1.51. The number of aromatic amines is 1. The highest BCUT2D eigenvalue weighted by Gasteiger charge is 2.16. The topological polar surface area (TPSA) is 112 Å². The maximum atomic E-state index is 10.6. The zero-order chi connectivity index (χ0) is 12.7. The molecule has 3 rings (SSSR count). The summed E-state index contributed by atoms with van der Waals surface area (Å²) in [5.41, 5.74) is 1.18. The molecule has 1 aromatic carbocycles. The number of aromatic carboxylic acids is 1. The zero-order valence-corrected chi connectivity index (χ0v) is 8.91. The van der Waals surface area contributed by atoms with Crippen LogP contribution in [-0.2, 0) is 0 Å². The van der Waals surface area contributed by atoms with E-state index in [1.807, 2.05) is 0 Å². The highest BCUT2D eigenvalue weighted by Crippen LogP contribution is 2.28. The molecule has 0 atom stereocenters. The van der Waals surface area contributed by atoms with Crippen molar-refractivity contribution in [2.24, 2.45) is 0 Å². The summed E-state index contributed by atoms with van der Waals surface area (Å²) in [6, 6.07) is 6.65. The van der Waals surface area contributed by atoms with Crippen LogP contribution in [0.1, 0.15) is 10.7 Å². The zero-order valence-electron chi connectivity index (χ0n) is 8.91. The number of nitrogens with one attached hydrogen (secondary N) is 1. The molecular weight excluding hydrogens is 238 g/mol. The smallest absolute Gasteiger partial charge is 0.394 e. The number of phenols is 1. The van der Waals surface area contributed by atoms with Gasteiger partial charge in [-0.3, -0.25) is 0 Å². The van der Waals surface area contributed by atoms with Gasteiger partial charge in [0.1, 0.15) is 5.75 Å². The van der Waals surface area contributed by atoms with Crippen LogP contribution >= 0.6 is 0 Å². The number of aromatic hydroxyl groups is 1. The Morgan fingerprint density at radius 1 is 1.39 bits per heavy atom. The third kappa shape index (κ3) is 1.49. The predicted molar refractivity (Wildman–Crippen MR) is 60.2 cm³/mol. The molecule has 3 N–H and O–H groups in total. The number of carbonyl (C=O) groups is 1. The van der Waals surface area contributed by atoms with Gasteiger partial charge in [-0.05, 0) is 18.2 Å². The van der Waals surface area contributed by atoms with E-state index in [-0.39, 0.29) is 11.6 Å². The molecule has 18 heavy (non-hydrogen) atoms. The van der Waals surface area contributed by atoms with E-state index in [2.05, 4.69) is 19.6 Å². The molecule has 2 aromatic heterocycles. The fourth-order valence-corrected chi connectivity index (χ4v) is 1.68. The van der Waals surface area contributed by atoms with E-state index in [1.54, 1.807) is 24.3 Å². The van der Waals surface area contributed by atoms with Crippen molar-refractivity contribution in [1.29, 1.82) is 0 Å². The van der Waals surface area contributed by atoms with Gasteiger partial charge >= 0.3 is 11.9 Å². The summed E-state index contributed by atoms with van der Waals surface area (Å²) in [6.07, 6.45) is 0. The van der Waals surface area contributed by atoms with Gasteiger partial charge in [-0.2, -0.15) is 4.98 Å². The fraction of sp³-hybridized carbons (Fsp3) is 0. The maximum absolute atomic E-state index is 10.6. The molecule has 0 unspecified atom stereocenters. The first-order valence-electron chi connectivity index (χ1n) is 5.03. The predicted octanol–water partition coefficient (Wildman–Crippen LogP) is 1.62. The maximum Gasteiger partial charge on any atom is 0.394 e. The normalized spacial score (nSPS) is 10.9. The number of fused-ring (bicyclic) bond motifs is 1. The molecule has 0 bridgehead atoms. The Morgan fingerprint density at radius 3 is 2.89 bits per heavy atom. The Morgan fingerprint density at radius 2 is 2.22 bits per heavy atom. The van der Waals surface area contributed by atoms with E-state index >= 15 is 0 Å². The third-order valence-electron chi connectivity index (χ3n) is 2.49. The number of hydrogen-bond acceptors (Lipinski definition) is 5. The van der Waals surface area contributed by atoms with Crippen molar-refractivity contribution in [1.82, 2.24) is 15.1 Å². The second-order valence-corrected chi connectivity index (χ2v) is 3.65. The van der Waals surface area contributed by atoms with Crippen LogP contribution in [0.15, 0.2) is 28.8 Å². The van der Waals surface area contributed by atoms with Gasteiger partial charge in [0.2, 0.25) is 5.82 Å². The standard InChI is InChI=1S/C11H7N3O4/c15-8-3-1-2-6-5(8)4-7(12-6)9-13-10(11(16)17)18-14-9/h1-4,12,15H,(H,16,17). The number of carboxylic acid groups (broad SMARTS) is 1. The van der Waals surface area contributed by atoms with Gasteiger partial charge in [0.15, 0.2) is 0 Å². The lowest BCUT2D eigenvalue weighted by Gasteiger charge is -1.91. The number of hydrogen-bond donors (Lipinski definition) is 3. The van der Waals surface area contributed by atoms with Crippen LogP contribution in [-0.4, -0.2) is 31.3 Å². The van der Waals surface area contributed by atoms with Crippen molar-refractivity contribution >= 4 is 16.9 Å². The highest BCUT2D eigenvalue weighted by molar-refractivity contribution is 5.90. The summed E-state index contributed by atoms with van der Waals surface area (Å²) < 4.78 is 4.56. The number of benzene rings is 1. The van der Waals surface area contributed by atoms with Crippen LogP contribution in [0.4, 0.5) is 0 Å². The first-order chi connectivity index (χ1) is 8.65. The molecule has 0 radical (unpaired) electrons. The molecule has 0 aliphatic rings. The summed E-state index contributed by atoms with van der Waals surface area (Å²) in [5, 5.41) is 22.5. The lowest BCUT2D eigenvalue weighted by molar-refractivity contribution is 0.0643. The van der Waals surface area contributed by atoms with Crippen molar-refractivity contribution in [3.8, 4) is 17.3 Å². The molecule has 0 fully saturated rings. The Labute approximate surface area is 99.7 Å². The van der Waals surface area contributed by atoms with Gasteiger partial charge in [0.05, 0.1) is 5.69 Å². The SMILES string of the molecule is O=C(O)c1nc(-c2cc3c(O)cccc3[nH]2)no1. The molecular formula is C11H7N3O4. The monoisotopic (exact) mass is 245 g/mol. The molecule has 0 amide bonds. The van der Waals surface area contributed by atoms with Crippen LogP contribution < -0.4 is 0 Å². The molecule has 0 aliphatic heterocycles. The van der Waals surface area contributed by atoms with E-state index in [1.165, 1.54) is 0 Å². The summed E-state index contributed by atoms with van der Waals surface area (Å²) in [7, 11) is 0. The minimum Gasteiger partial charge on any atom is -0.507 e. The minimum atomic E-state index is -1.28. The largest absolute Gasteiger partial charge is 0.507 e. The fourth-order valence-electron chi connectivity index (χ4n) is 1.68. The molecule has 90 valence electrons. The Hall–Kier alpha value is -2.83. The number of phenolic OH excluding ortho intramolecular Hbond substituents is 1. The quantitative estimate of drug-likeness (QED) is 0.632. The van der Waals surface area contributed by atoms with Gasteiger partial charge in [-0.25, -0.2) is 4.79 Å². The van der Waals surface area contributed by atoms with Gasteiger partial charge in [-0.15, -0.1) is 0 Å².